The first-order chi connectivity index (χ1) is 11.5. The fourth-order valence-corrected chi connectivity index (χ4v) is 2.23. The van der Waals surface area contributed by atoms with Crippen LogP contribution < -0.4 is 5.32 Å². The molecule has 0 fully saturated rings. The maximum absolute atomic E-state index is 12.4. The number of benzene rings is 1. The average molecular weight is 352 g/mol. The van der Waals surface area contributed by atoms with E-state index in [4.69, 9.17) is 16.0 Å². The van der Waals surface area contributed by atoms with Crippen molar-refractivity contribution in [3.05, 3.63) is 47.1 Å². The number of urea groups is 1. The van der Waals surface area contributed by atoms with Crippen LogP contribution in [-0.2, 0) is 11.3 Å². The molecule has 2 amide bonds. The van der Waals surface area contributed by atoms with Gasteiger partial charge in [0, 0.05) is 17.3 Å². The van der Waals surface area contributed by atoms with Gasteiger partial charge in [-0.2, -0.15) is 0 Å². The molecular formula is C16H18ClN3O4. The van der Waals surface area contributed by atoms with E-state index in [1.807, 2.05) is 6.92 Å². The Balaban J connectivity index is 2.06. The van der Waals surface area contributed by atoms with Crippen LogP contribution in [-0.4, -0.2) is 35.5 Å². The first kappa shape index (κ1) is 17.8. The molecule has 0 aliphatic carbocycles. The molecule has 0 saturated heterocycles. The minimum Gasteiger partial charge on any atom is -0.464 e. The van der Waals surface area contributed by atoms with Gasteiger partial charge in [0.25, 0.3) is 0 Å². The van der Waals surface area contributed by atoms with Crippen molar-refractivity contribution >= 4 is 29.3 Å². The number of anilines is 1. The largest absolute Gasteiger partial charge is 0.464 e. The molecule has 0 radical (unpaired) electrons. The Morgan fingerprint density at radius 3 is 2.88 bits per heavy atom. The zero-order chi connectivity index (χ0) is 17.5. The van der Waals surface area contributed by atoms with Gasteiger partial charge in [-0.05, 0) is 24.6 Å². The highest BCUT2D eigenvalue weighted by Gasteiger charge is 2.18. The lowest BCUT2D eigenvalue weighted by molar-refractivity contribution is 0.0594. The molecule has 0 aliphatic heterocycles. The number of methoxy groups -OCH3 is 1. The van der Waals surface area contributed by atoms with Gasteiger partial charge in [0.2, 0.25) is 5.89 Å². The third kappa shape index (κ3) is 4.73. The normalized spacial score (nSPS) is 10.3. The number of aromatic nitrogens is 1. The summed E-state index contributed by atoms with van der Waals surface area (Å²) in [5.41, 5.74) is 0.662. The quantitative estimate of drug-likeness (QED) is 0.804. The van der Waals surface area contributed by atoms with Gasteiger partial charge in [-0.15, -0.1) is 0 Å². The second-order valence-electron chi connectivity index (χ2n) is 4.98. The van der Waals surface area contributed by atoms with Crippen LogP contribution in [0.15, 0.2) is 34.9 Å². The maximum atomic E-state index is 12.4. The Morgan fingerprint density at radius 2 is 2.21 bits per heavy atom. The lowest BCUT2D eigenvalue weighted by Crippen LogP contribution is -2.35. The molecule has 1 aromatic carbocycles. The summed E-state index contributed by atoms with van der Waals surface area (Å²) in [6.07, 6.45) is 1.97. The van der Waals surface area contributed by atoms with Crippen molar-refractivity contribution in [2.45, 2.75) is 19.9 Å². The van der Waals surface area contributed by atoms with Crippen LogP contribution >= 0.6 is 11.6 Å². The molecule has 24 heavy (non-hydrogen) atoms. The Morgan fingerprint density at radius 1 is 1.42 bits per heavy atom. The van der Waals surface area contributed by atoms with Gasteiger partial charge < -0.3 is 19.4 Å². The molecule has 0 bridgehead atoms. The molecule has 2 aromatic rings. The highest BCUT2D eigenvalue weighted by molar-refractivity contribution is 6.30. The van der Waals surface area contributed by atoms with Crippen molar-refractivity contribution in [3.8, 4) is 0 Å². The molecule has 128 valence electrons. The summed E-state index contributed by atoms with van der Waals surface area (Å²) in [4.78, 5) is 29.4. The fraction of sp³-hybridized carbons (Fsp3) is 0.312. The first-order valence-electron chi connectivity index (χ1n) is 7.37. The highest BCUT2D eigenvalue weighted by atomic mass is 35.5. The second kappa shape index (κ2) is 8.35. The summed E-state index contributed by atoms with van der Waals surface area (Å²) in [5, 5.41) is 3.30. The summed E-state index contributed by atoms with van der Waals surface area (Å²) >= 11 is 5.91. The predicted octanol–water partition coefficient (Wildman–Crippen LogP) is 3.56. The molecule has 0 spiro atoms. The van der Waals surface area contributed by atoms with Crippen molar-refractivity contribution in [1.82, 2.24) is 9.88 Å². The van der Waals surface area contributed by atoms with E-state index >= 15 is 0 Å². The predicted molar refractivity (Wildman–Crippen MR) is 89.0 cm³/mol. The van der Waals surface area contributed by atoms with Crippen LogP contribution in [0, 0.1) is 0 Å². The smallest absolute Gasteiger partial charge is 0.360 e. The van der Waals surface area contributed by atoms with Gasteiger partial charge in [-0.25, -0.2) is 14.6 Å². The monoisotopic (exact) mass is 351 g/mol. The minimum absolute atomic E-state index is 0.0687. The zero-order valence-corrected chi connectivity index (χ0v) is 14.2. The summed E-state index contributed by atoms with van der Waals surface area (Å²) in [6, 6.07) is 6.57. The molecule has 0 saturated carbocycles. The van der Waals surface area contributed by atoms with Crippen LogP contribution in [0.4, 0.5) is 10.5 Å². The summed E-state index contributed by atoms with van der Waals surface area (Å²) < 4.78 is 9.80. The fourth-order valence-electron chi connectivity index (χ4n) is 2.04. The van der Waals surface area contributed by atoms with Crippen LogP contribution in [0.3, 0.4) is 0 Å². The van der Waals surface area contributed by atoms with E-state index in [0.29, 0.717) is 17.3 Å². The SMILES string of the molecule is CCCN(Cc1nc(C(=O)OC)co1)C(=O)Nc1cccc(Cl)c1. The van der Waals surface area contributed by atoms with Gasteiger partial charge in [-0.3, -0.25) is 0 Å². The van der Waals surface area contributed by atoms with Crippen molar-refractivity contribution in [3.63, 3.8) is 0 Å². The molecule has 1 N–H and O–H groups in total. The minimum atomic E-state index is -0.588. The van der Waals surface area contributed by atoms with Gasteiger partial charge in [-0.1, -0.05) is 24.6 Å². The Kier molecular flexibility index (Phi) is 6.20. The maximum Gasteiger partial charge on any atom is 0.360 e. The number of halogens is 1. The standard InChI is InChI=1S/C16H18ClN3O4/c1-3-7-20(9-14-19-13(10-24-14)15(21)23-2)16(22)18-12-6-4-5-11(17)8-12/h4-6,8,10H,3,7,9H2,1-2H3,(H,18,22). The molecule has 2 rings (SSSR count). The number of hydrogen-bond donors (Lipinski definition) is 1. The van der Waals surface area contributed by atoms with Crippen molar-refractivity contribution in [2.24, 2.45) is 0 Å². The van der Waals surface area contributed by atoms with Crippen molar-refractivity contribution in [1.29, 1.82) is 0 Å². The molecule has 1 heterocycles. The molecule has 0 aliphatic rings. The Bertz CT molecular complexity index is 717. The van der Waals surface area contributed by atoms with E-state index in [2.05, 4.69) is 15.0 Å². The zero-order valence-electron chi connectivity index (χ0n) is 13.4. The molecule has 7 nitrogen and oxygen atoms in total. The van der Waals surface area contributed by atoms with E-state index in [1.54, 1.807) is 24.3 Å². The van der Waals surface area contributed by atoms with Crippen molar-refractivity contribution in [2.75, 3.05) is 19.0 Å². The number of esters is 1. The molecule has 0 atom stereocenters. The van der Waals surface area contributed by atoms with Crippen LogP contribution in [0.2, 0.25) is 5.02 Å². The highest BCUT2D eigenvalue weighted by Crippen LogP contribution is 2.16. The van der Waals surface area contributed by atoms with Crippen LogP contribution in [0.5, 0.6) is 0 Å². The summed E-state index contributed by atoms with van der Waals surface area (Å²) in [7, 11) is 1.26. The van der Waals surface area contributed by atoms with Crippen molar-refractivity contribution < 1.29 is 18.7 Å². The lowest BCUT2D eigenvalue weighted by atomic mass is 10.3. The average Bonchev–Trinajstić information content (AvgIpc) is 3.02. The van der Waals surface area contributed by atoms with Gasteiger partial charge >= 0.3 is 12.0 Å². The third-order valence-electron chi connectivity index (χ3n) is 3.13. The van der Waals surface area contributed by atoms with E-state index < -0.39 is 5.97 Å². The lowest BCUT2D eigenvalue weighted by Gasteiger charge is -2.21. The number of oxazole rings is 1. The van der Waals surface area contributed by atoms with Gasteiger partial charge in [0.15, 0.2) is 5.69 Å². The van der Waals surface area contributed by atoms with E-state index in [0.717, 1.165) is 6.42 Å². The second-order valence-corrected chi connectivity index (χ2v) is 5.42. The number of hydrogen-bond acceptors (Lipinski definition) is 5. The third-order valence-corrected chi connectivity index (χ3v) is 3.36. The summed E-state index contributed by atoms with van der Waals surface area (Å²) in [6.45, 7) is 2.59. The van der Waals surface area contributed by atoms with Gasteiger partial charge in [0.05, 0.1) is 13.7 Å². The first-order valence-corrected chi connectivity index (χ1v) is 7.75. The number of nitrogens with zero attached hydrogens (tertiary/aromatic N) is 2. The number of carbonyl (C=O) groups excluding carboxylic acids is 2. The molecular weight excluding hydrogens is 334 g/mol. The van der Waals surface area contributed by atoms with E-state index in [9.17, 15) is 9.59 Å². The topological polar surface area (TPSA) is 84.7 Å². The number of carbonyl (C=O) groups is 2. The molecule has 0 unspecified atom stereocenters. The number of amides is 2. The molecule has 1 aromatic heterocycles. The summed E-state index contributed by atoms with van der Waals surface area (Å²) in [5.74, 6) is -0.333. The van der Waals surface area contributed by atoms with E-state index in [1.165, 1.54) is 18.3 Å². The Hall–Kier alpha value is -2.54. The Labute approximate surface area is 144 Å². The van der Waals surface area contributed by atoms with E-state index in [-0.39, 0.29) is 24.2 Å². The number of rotatable bonds is 6. The van der Waals surface area contributed by atoms with Crippen LogP contribution in [0.1, 0.15) is 29.7 Å². The number of nitrogens with one attached hydrogen (secondary N) is 1. The van der Waals surface area contributed by atoms with Gasteiger partial charge in [0.1, 0.15) is 6.26 Å². The van der Waals surface area contributed by atoms with Crippen LogP contribution in [0.25, 0.3) is 0 Å². The molecule has 8 heteroatoms. The number of ether oxygens (including phenoxy) is 1.